The lowest BCUT2D eigenvalue weighted by atomic mass is 10.0. The molecule has 3 aromatic rings. The number of ether oxygens (including phenoxy) is 1. The molecule has 0 amide bonds. The van der Waals surface area contributed by atoms with Crippen LogP contribution in [-0.2, 0) is 14.8 Å². The lowest BCUT2D eigenvalue weighted by Crippen LogP contribution is -2.49. The first kappa shape index (κ1) is 24.6. The van der Waals surface area contributed by atoms with Crippen LogP contribution in [0.15, 0.2) is 53.4 Å². The van der Waals surface area contributed by atoms with Crippen LogP contribution in [0.3, 0.4) is 0 Å². The molecule has 0 bridgehead atoms. The van der Waals surface area contributed by atoms with Gasteiger partial charge in [-0.25, -0.2) is 27.6 Å². The molecule has 1 aliphatic rings. The van der Waals surface area contributed by atoms with Crippen LogP contribution >= 0.6 is 0 Å². The number of sulfonamides is 1. The quantitative estimate of drug-likeness (QED) is 0.406. The fraction of sp³-hybridized carbons (Fsp3) is 0.292. The van der Waals surface area contributed by atoms with Gasteiger partial charge in [0.05, 0.1) is 28.6 Å². The fourth-order valence-corrected chi connectivity index (χ4v) is 5.33. The van der Waals surface area contributed by atoms with Crippen molar-refractivity contribution in [3.8, 4) is 11.3 Å². The summed E-state index contributed by atoms with van der Waals surface area (Å²) in [6, 6.07) is 12.8. The van der Waals surface area contributed by atoms with Gasteiger partial charge in [0.25, 0.3) is 0 Å². The first-order valence-electron chi connectivity index (χ1n) is 11.1. The van der Waals surface area contributed by atoms with E-state index >= 15 is 0 Å². The third kappa shape index (κ3) is 4.96. The monoisotopic (exact) mass is 499 g/mol. The number of aryl methyl sites for hydroxylation is 1. The highest BCUT2D eigenvalue weighted by molar-refractivity contribution is 7.89. The number of rotatable bonds is 6. The summed E-state index contributed by atoms with van der Waals surface area (Å²) in [5.74, 6) is -0.879. The van der Waals surface area contributed by atoms with Crippen molar-refractivity contribution in [2.24, 2.45) is 0 Å². The predicted molar refractivity (Wildman–Crippen MR) is 130 cm³/mol. The molecule has 2 heterocycles. The minimum Gasteiger partial charge on any atom is -0.462 e. The summed E-state index contributed by atoms with van der Waals surface area (Å²) in [4.78, 5) is 23.6. The van der Waals surface area contributed by atoms with Gasteiger partial charge in [0.2, 0.25) is 16.0 Å². The lowest BCUT2D eigenvalue weighted by molar-refractivity contribution is 0.0525. The van der Waals surface area contributed by atoms with Gasteiger partial charge in [0.15, 0.2) is 0 Å². The minimum atomic E-state index is -3.88. The summed E-state index contributed by atoms with van der Waals surface area (Å²) in [7, 11) is -3.88. The molecule has 1 fully saturated rings. The molecule has 0 spiro atoms. The van der Waals surface area contributed by atoms with Gasteiger partial charge in [-0.1, -0.05) is 30.3 Å². The smallest absolute Gasteiger partial charge is 0.342 e. The predicted octanol–water partition coefficient (Wildman–Crippen LogP) is 2.86. The van der Waals surface area contributed by atoms with Crippen molar-refractivity contribution >= 4 is 27.6 Å². The molecule has 1 aromatic heterocycles. The van der Waals surface area contributed by atoms with Crippen LogP contribution in [0.4, 0.5) is 16.0 Å². The van der Waals surface area contributed by atoms with E-state index in [1.807, 2.05) is 35.2 Å². The van der Waals surface area contributed by atoms with Gasteiger partial charge >= 0.3 is 5.97 Å². The van der Waals surface area contributed by atoms with E-state index in [1.54, 1.807) is 13.8 Å². The molecule has 11 heteroatoms. The highest BCUT2D eigenvalue weighted by Crippen LogP contribution is 2.28. The number of carbonyl (C=O) groups excluding carboxylic acids is 1. The molecule has 0 aliphatic carbocycles. The summed E-state index contributed by atoms with van der Waals surface area (Å²) in [6.45, 7) is 4.65. The van der Waals surface area contributed by atoms with Crippen LogP contribution in [-0.4, -0.2) is 61.4 Å². The van der Waals surface area contributed by atoms with Crippen molar-refractivity contribution in [2.75, 3.05) is 43.4 Å². The topological polar surface area (TPSA) is 119 Å². The zero-order valence-corrected chi connectivity index (χ0v) is 20.3. The van der Waals surface area contributed by atoms with Crippen LogP contribution in [0.25, 0.3) is 11.3 Å². The van der Waals surface area contributed by atoms with E-state index in [1.165, 1.54) is 16.4 Å². The second kappa shape index (κ2) is 9.96. The van der Waals surface area contributed by atoms with Gasteiger partial charge < -0.3 is 15.4 Å². The number of piperazine rings is 1. The molecule has 1 aliphatic heterocycles. The fourth-order valence-electron chi connectivity index (χ4n) is 3.90. The zero-order chi connectivity index (χ0) is 25.2. The highest BCUT2D eigenvalue weighted by atomic mass is 32.2. The molecule has 0 radical (unpaired) electrons. The van der Waals surface area contributed by atoms with E-state index in [2.05, 4.69) is 9.97 Å². The molecule has 0 atom stereocenters. The van der Waals surface area contributed by atoms with Crippen molar-refractivity contribution in [2.45, 2.75) is 18.7 Å². The summed E-state index contributed by atoms with van der Waals surface area (Å²) < 4.78 is 46.3. The van der Waals surface area contributed by atoms with Crippen molar-refractivity contribution in [3.63, 3.8) is 0 Å². The summed E-state index contributed by atoms with van der Waals surface area (Å²) >= 11 is 0. The Labute approximate surface area is 203 Å². The van der Waals surface area contributed by atoms with Gasteiger partial charge in [-0.3, -0.25) is 0 Å². The van der Waals surface area contributed by atoms with Crippen LogP contribution in [0.5, 0.6) is 0 Å². The second-order valence-corrected chi connectivity index (χ2v) is 9.93. The number of nitrogen functional groups attached to an aromatic ring is 1. The highest BCUT2D eigenvalue weighted by Gasteiger charge is 2.31. The average Bonchev–Trinajstić information content (AvgIpc) is 2.85. The maximum atomic E-state index is 13.8. The lowest BCUT2D eigenvalue weighted by Gasteiger charge is -2.34. The molecular formula is C24H26FN5O4S. The Morgan fingerprint density at radius 2 is 1.77 bits per heavy atom. The van der Waals surface area contributed by atoms with Crippen molar-refractivity contribution in [3.05, 3.63) is 65.6 Å². The number of carbonyl (C=O) groups is 1. The number of benzene rings is 2. The van der Waals surface area contributed by atoms with Crippen LogP contribution in [0, 0.1) is 12.7 Å². The normalized spacial score (nSPS) is 14.7. The van der Waals surface area contributed by atoms with Crippen LogP contribution in [0.2, 0.25) is 0 Å². The van der Waals surface area contributed by atoms with Crippen LogP contribution < -0.4 is 10.6 Å². The number of halogens is 1. The maximum Gasteiger partial charge on any atom is 0.342 e. The van der Waals surface area contributed by atoms with Gasteiger partial charge in [-0.05, 0) is 32.0 Å². The SMILES string of the molecule is CCOC(=O)c1c(C)nc(N2CCN(S(=O)(=O)c3ccc(N)c(F)c3)CC2)nc1-c1ccccc1. The molecular weight excluding hydrogens is 473 g/mol. The third-order valence-corrected chi connectivity index (χ3v) is 7.63. The van der Waals surface area contributed by atoms with Gasteiger partial charge in [0.1, 0.15) is 11.4 Å². The number of hydrogen-bond donors (Lipinski definition) is 1. The van der Waals surface area contributed by atoms with E-state index in [0.717, 1.165) is 11.6 Å². The van der Waals surface area contributed by atoms with Gasteiger partial charge in [0, 0.05) is 31.7 Å². The first-order valence-corrected chi connectivity index (χ1v) is 12.6. The van der Waals surface area contributed by atoms with Gasteiger partial charge in [-0.2, -0.15) is 4.31 Å². The van der Waals surface area contributed by atoms with Gasteiger partial charge in [-0.15, -0.1) is 0 Å². The molecule has 9 nitrogen and oxygen atoms in total. The molecule has 4 rings (SSSR count). The number of hydrogen-bond acceptors (Lipinski definition) is 8. The molecule has 1 saturated heterocycles. The van der Waals surface area contributed by atoms with E-state index < -0.39 is 21.8 Å². The molecule has 2 aromatic carbocycles. The Balaban J connectivity index is 1.60. The second-order valence-electron chi connectivity index (χ2n) is 7.99. The Bertz CT molecular complexity index is 1340. The largest absolute Gasteiger partial charge is 0.462 e. The van der Waals surface area contributed by atoms with E-state index in [-0.39, 0.29) is 30.3 Å². The maximum absolute atomic E-state index is 13.8. The average molecular weight is 500 g/mol. The van der Waals surface area contributed by atoms with Crippen LogP contribution in [0.1, 0.15) is 23.0 Å². The third-order valence-electron chi connectivity index (χ3n) is 5.74. The molecule has 0 saturated carbocycles. The van der Waals surface area contributed by atoms with Crippen molar-refractivity contribution in [1.29, 1.82) is 0 Å². The standard InChI is InChI=1S/C24H26FN5O4S/c1-3-34-23(31)21-16(2)27-24(28-22(21)17-7-5-4-6-8-17)29-11-13-30(14-12-29)35(32,33)18-9-10-20(26)19(25)15-18/h4-10,15H,3,11-14,26H2,1-2H3. The molecule has 184 valence electrons. The Hall–Kier alpha value is -3.57. The number of aromatic nitrogens is 2. The first-order chi connectivity index (χ1) is 16.7. The summed E-state index contributed by atoms with van der Waals surface area (Å²) in [6.07, 6.45) is 0. The Morgan fingerprint density at radius 3 is 2.40 bits per heavy atom. The van der Waals surface area contributed by atoms with E-state index in [0.29, 0.717) is 36.0 Å². The van der Waals surface area contributed by atoms with Crippen molar-refractivity contribution in [1.82, 2.24) is 14.3 Å². The van der Waals surface area contributed by atoms with E-state index in [4.69, 9.17) is 10.5 Å². The Kier molecular flexibility index (Phi) is 6.99. The summed E-state index contributed by atoms with van der Waals surface area (Å²) in [5.41, 5.74) is 7.34. The Morgan fingerprint density at radius 1 is 1.09 bits per heavy atom. The molecule has 2 N–H and O–H groups in total. The van der Waals surface area contributed by atoms with E-state index in [9.17, 15) is 17.6 Å². The number of anilines is 2. The summed E-state index contributed by atoms with van der Waals surface area (Å²) in [5, 5.41) is 0. The zero-order valence-electron chi connectivity index (χ0n) is 19.4. The number of nitrogens with zero attached hydrogens (tertiary/aromatic N) is 4. The molecule has 0 unspecified atom stereocenters. The minimum absolute atomic E-state index is 0.109. The number of esters is 1. The number of nitrogens with two attached hydrogens (primary N) is 1. The molecule has 35 heavy (non-hydrogen) atoms. The van der Waals surface area contributed by atoms with Crippen molar-refractivity contribution < 1.29 is 22.3 Å².